The van der Waals surface area contributed by atoms with Gasteiger partial charge in [-0.15, -0.1) is 0 Å². The number of likely N-dealkylation sites (N-methyl/N-ethyl adjacent to an activating group) is 1. The van der Waals surface area contributed by atoms with Gasteiger partial charge in [-0.25, -0.2) is 0 Å². The molecule has 1 heterocycles. The number of carbonyl (C=O) groups excluding carboxylic acids is 1. The molecule has 5 nitrogen and oxygen atoms in total. The number of carbonyl (C=O) groups is 1. The van der Waals surface area contributed by atoms with E-state index in [0.29, 0.717) is 28.5 Å². The molecular weight excluding hydrogens is 288 g/mol. The smallest absolute Gasteiger partial charge is 0.250 e. The number of nitrogens with zero attached hydrogens (tertiary/aromatic N) is 2. The van der Waals surface area contributed by atoms with E-state index in [0.717, 1.165) is 12.0 Å². The summed E-state index contributed by atoms with van der Waals surface area (Å²) >= 11 is 6.22. The second kappa shape index (κ2) is 6.45. The Morgan fingerprint density at radius 2 is 2.00 bits per heavy atom. The molecule has 1 aromatic heterocycles. The summed E-state index contributed by atoms with van der Waals surface area (Å²) in [4.78, 5) is 17.5. The number of benzene rings is 1. The van der Waals surface area contributed by atoms with E-state index in [9.17, 15) is 4.79 Å². The number of rotatable bonds is 5. The first-order chi connectivity index (χ1) is 9.99. The van der Waals surface area contributed by atoms with Crippen molar-refractivity contribution < 1.29 is 4.79 Å². The Balaban J connectivity index is 2.22. The normalized spacial score (nSPS) is 10.4. The van der Waals surface area contributed by atoms with E-state index in [4.69, 9.17) is 23.1 Å². The largest absolute Gasteiger partial charge is 0.399 e. The molecule has 0 aliphatic rings. The van der Waals surface area contributed by atoms with Crippen LogP contribution in [0.15, 0.2) is 36.7 Å². The van der Waals surface area contributed by atoms with Crippen molar-refractivity contribution in [2.45, 2.75) is 6.42 Å². The maximum atomic E-state index is 11.6. The number of hydrogen-bond acceptors (Lipinski definition) is 4. The molecule has 0 aliphatic carbocycles. The third kappa shape index (κ3) is 3.64. The van der Waals surface area contributed by atoms with Gasteiger partial charge in [0.2, 0.25) is 0 Å². The second-order valence-corrected chi connectivity index (χ2v) is 5.20. The molecule has 0 bridgehead atoms. The fourth-order valence-corrected chi connectivity index (χ4v) is 2.53. The molecule has 1 amide bonds. The van der Waals surface area contributed by atoms with Gasteiger partial charge in [0.1, 0.15) is 0 Å². The van der Waals surface area contributed by atoms with Crippen LogP contribution in [0.4, 0.5) is 11.4 Å². The molecule has 0 saturated heterocycles. The molecule has 4 N–H and O–H groups in total. The Morgan fingerprint density at radius 1 is 1.33 bits per heavy atom. The highest BCUT2D eigenvalue weighted by molar-refractivity contribution is 6.34. The zero-order valence-electron chi connectivity index (χ0n) is 11.7. The summed E-state index contributed by atoms with van der Waals surface area (Å²) in [6, 6.07) is 7.07. The van der Waals surface area contributed by atoms with Crippen LogP contribution in [0.25, 0.3) is 0 Å². The minimum atomic E-state index is -0.546. The lowest BCUT2D eigenvalue weighted by molar-refractivity contribution is 0.100. The average Bonchev–Trinajstić information content (AvgIpc) is 2.45. The highest BCUT2D eigenvalue weighted by Crippen LogP contribution is 2.31. The molecule has 2 aromatic rings. The van der Waals surface area contributed by atoms with Crippen molar-refractivity contribution in [3.8, 4) is 0 Å². The molecule has 0 atom stereocenters. The summed E-state index contributed by atoms with van der Waals surface area (Å²) < 4.78 is 0. The van der Waals surface area contributed by atoms with Crippen molar-refractivity contribution in [1.29, 1.82) is 0 Å². The van der Waals surface area contributed by atoms with Gasteiger partial charge in [-0.2, -0.15) is 0 Å². The molecular formula is C15H17ClN4O. The molecule has 0 saturated carbocycles. The molecule has 0 aliphatic heterocycles. The SMILES string of the molecule is CN(CCc1ccncc1)c1c(Cl)cc(N)cc1C(N)=O. The van der Waals surface area contributed by atoms with E-state index in [1.165, 1.54) is 0 Å². The maximum Gasteiger partial charge on any atom is 0.250 e. The third-order valence-electron chi connectivity index (χ3n) is 3.22. The Kier molecular flexibility index (Phi) is 4.65. The van der Waals surface area contributed by atoms with Crippen molar-refractivity contribution in [1.82, 2.24) is 4.98 Å². The summed E-state index contributed by atoms with van der Waals surface area (Å²) in [5, 5.41) is 0.418. The molecule has 6 heteroatoms. The standard InChI is InChI=1S/C15H17ClN4O/c1-20(7-4-10-2-5-19-6-3-10)14-12(15(18)21)8-11(17)9-13(14)16/h2-3,5-6,8-9H,4,7,17H2,1H3,(H2,18,21). The average molecular weight is 305 g/mol. The van der Waals surface area contributed by atoms with Gasteiger partial charge in [0.05, 0.1) is 16.3 Å². The number of hydrogen-bond donors (Lipinski definition) is 2. The topological polar surface area (TPSA) is 85.2 Å². The van der Waals surface area contributed by atoms with Gasteiger partial charge in [-0.3, -0.25) is 9.78 Å². The maximum absolute atomic E-state index is 11.6. The van der Waals surface area contributed by atoms with Crippen LogP contribution in [0.3, 0.4) is 0 Å². The van der Waals surface area contributed by atoms with Crippen molar-refractivity contribution in [3.63, 3.8) is 0 Å². The lowest BCUT2D eigenvalue weighted by Gasteiger charge is -2.23. The Hall–Kier alpha value is -2.27. The summed E-state index contributed by atoms with van der Waals surface area (Å²) in [6.07, 6.45) is 4.30. The number of pyridine rings is 1. The molecule has 0 fully saturated rings. The van der Waals surface area contributed by atoms with Crippen LogP contribution in [0.1, 0.15) is 15.9 Å². The second-order valence-electron chi connectivity index (χ2n) is 4.79. The van der Waals surface area contributed by atoms with Crippen molar-refractivity contribution in [2.24, 2.45) is 5.73 Å². The van der Waals surface area contributed by atoms with Gasteiger partial charge in [-0.1, -0.05) is 11.6 Å². The first-order valence-corrected chi connectivity index (χ1v) is 6.85. The van der Waals surface area contributed by atoms with Gasteiger partial charge < -0.3 is 16.4 Å². The van der Waals surface area contributed by atoms with Crippen molar-refractivity contribution in [2.75, 3.05) is 24.2 Å². The van der Waals surface area contributed by atoms with Gasteiger partial charge in [0.15, 0.2) is 0 Å². The highest BCUT2D eigenvalue weighted by atomic mass is 35.5. The van der Waals surface area contributed by atoms with Crippen LogP contribution in [0.5, 0.6) is 0 Å². The van der Waals surface area contributed by atoms with Crippen molar-refractivity contribution >= 4 is 28.9 Å². The fourth-order valence-electron chi connectivity index (χ4n) is 2.15. The molecule has 0 radical (unpaired) electrons. The Bertz CT molecular complexity index is 646. The lowest BCUT2D eigenvalue weighted by Crippen LogP contribution is -2.25. The Labute approximate surface area is 128 Å². The van der Waals surface area contributed by atoms with E-state index in [1.54, 1.807) is 24.5 Å². The van der Waals surface area contributed by atoms with Crippen LogP contribution in [0.2, 0.25) is 5.02 Å². The van der Waals surface area contributed by atoms with Gasteiger partial charge in [-0.05, 0) is 36.2 Å². The van der Waals surface area contributed by atoms with E-state index in [1.807, 2.05) is 24.1 Å². The van der Waals surface area contributed by atoms with Gasteiger partial charge in [0.25, 0.3) is 5.91 Å². The lowest BCUT2D eigenvalue weighted by atomic mass is 10.1. The van der Waals surface area contributed by atoms with Crippen LogP contribution in [0, 0.1) is 0 Å². The fraction of sp³-hybridized carbons (Fsp3) is 0.200. The number of aromatic nitrogens is 1. The first-order valence-electron chi connectivity index (χ1n) is 6.48. The van der Waals surface area contributed by atoms with Gasteiger partial charge in [0, 0.05) is 31.7 Å². The van der Waals surface area contributed by atoms with Gasteiger partial charge >= 0.3 is 0 Å². The van der Waals surface area contributed by atoms with Crippen LogP contribution < -0.4 is 16.4 Å². The minimum Gasteiger partial charge on any atom is -0.399 e. The zero-order chi connectivity index (χ0) is 15.4. The van der Waals surface area contributed by atoms with E-state index < -0.39 is 5.91 Å². The third-order valence-corrected chi connectivity index (χ3v) is 3.51. The molecule has 0 unspecified atom stereocenters. The molecule has 1 aromatic carbocycles. The number of nitrogen functional groups attached to an aromatic ring is 1. The number of nitrogens with two attached hydrogens (primary N) is 2. The molecule has 21 heavy (non-hydrogen) atoms. The number of halogens is 1. The van der Waals surface area contributed by atoms with Crippen molar-refractivity contribution in [3.05, 3.63) is 52.8 Å². The zero-order valence-corrected chi connectivity index (χ0v) is 12.5. The number of amides is 1. The Morgan fingerprint density at radius 3 is 2.62 bits per heavy atom. The predicted molar refractivity (Wildman–Crippen MR) is 85.6 cm³/mol. The molecule has 2 rings (SSSR count). The quantitative estimate of drug-likeness (QED) is 0.828. The number of primary amides is 1. The summed E-state index contributed by atoms with van der Waals surface area (Å²) in [5.74, 6) is -0.546. The van der Waals surface area contributed by atoms with Crippen LogP contribution in [-0.2, 0) is 6.42 Å². The first kappa shape index (κ1) is 15.1. The van der Waals surface area contributed by atoms with E-state index in [-0.39, 0.29) is 0 Å². The number of anilines is 2. The van der Waals surface area contributed by atoms with Crippen LogP contribution in [-0.4, -0.2) is 24.5 Å². The summed E-state index contributed by atoms with van der Waals surface area (Å²) in [5.41, 5.74) is 13.6. The highest BCUT2D eigenvalue weighted by Gasteiger charge is 2.16. The molecule has 110 valence electrons. The summed E-state index contributed by atoms with van der Waals surface area (Å²) in [6.45, 7) is 0.688. The predicted octanol–water partition coefficient (Wildman–Crippen LogP) is 2.10. The van der Waals surface area contributed by atoms with E-state index >= 15 is 0 Å². The van der Waals surface area contributed by atoms with Crippen LogP contribution >= 0.6 is 11.6 Å². The monoisotopic (exact) mass is 304 g/mol. The summed E-state index contributed by atoms with van der Waals surface area (Å²) in [7, 11) is 1.87. The minimum absolute atomic E-state index is 0.331. The molecule has 0 spiro atoms. The van der Waals surface area contributed by atoms with E-state index in [2.05, 4.69) is 4.98 Å².